The van der Waals surface area contributed by atoms with Crippen LogP contribution < -0.4 is 56.8 Å². The van der Waals surface area contributed by atoms with Gasteiger partial charge in [-0.15, -0.1) is 0 Å². The van der Waals surface area contributed by atoms with Crippen LogP contribution >= 0.6 is 0 Å². The summed E-state index contributed by atoms with van der Waals surface area (Å²) >= 11 is 0. The van der Waals surface area contributed by atoms with E-state index >= 15 is 0 Å². The van der Waals surface area contributed by atoms with Gasteiger partial charge in [-0.1, -0.05) is 23.7 Å². The van der Waals surface area contributed by atoms with E-state index in [-0.39, 0.29) is 56.9 Å². The SMILES string of the molecule is N#CC1(c2cccc([B-](F)(F)F)c2F)CC1.[K+]. The first-order valence-electron chi connectivity index (χ1n) is 4.81. The van der Waals surface area contributed by atoms with Gasteiger partial charge in [0.25, 0.3) is 0 Å². The summed E-state index contributed by atoms with van der Waals surface area (Å²) in [6, 6.07) is 5.02. The molecule has 0 heterocycles. The first kappa shape index (κ1) is 15.2. The van der Waals surface area contributed by atoms with Crippen molar-refractivity contribution in [1.29, 1.82) is 5.26 Å². The zero-order chi connectivity index (χ0) is 12.0. The second-order valence-electron chi connectivity index (χ2n) is 3.98. The van der Waals surface area contributed by atoms with Crippen molar-refractivity contribution < 1.29 is 68.7 Å². The van der Waals surface area contributed by atoms with Gasteiger partial charge < -0.3 is 12.9 Å². The molecule has 0 N–H and O–H groups in total. The topological polar surface area (TPSA) is 23.8 Å². The number of hydrogen-bond donors (Lipinski definition) is 0. The Morgan fingerprint density at radius 2 is 1.82 bits per heavy atom. The van der Waals surface area contributed by atoms with Crippen LogP contribution in [0.3, 0.4) is 0 Å². The van der Waals surface area contributed by atoms with Gasteiger partial charge in [0.2, 0.25) is 0 Å². The third kappa shape index (κ3) is 2.77. The maximum Gasteiger partial charge on any atom is 1.00 e. The van der Waals surface area contributed by atoms with Crippen molar-refractivity contribution >= 4 is 12.4 Å². The Kier molecular flexibility index (Phi) is 4.48. The summed E-state index contributed by atoms with van der Waals surface area (Å²) in [5.74, 6) is -1.28. The van der Waals surface area contributed by atoms with Gasteiger partial charge in [-0.3, -0.25) is 0 Å². The molecule has 84 valence electrons. The Hall–Kier alpha value is 0.131. The summed E-state index contributed by atoms with van der Waals surface area (Å²) in [4.78, 5) is 0. The van der Waals surface area contributed by atoms with E-state index in [0.29, 0.717) is 18.9 Å². The van der Waals surface area contributed by atoms with Crippen molar-refractivity contribution in [3.05, 3.63) is 29.6 Å². The molecule has 2 rings (SSSR count). The van der Waals surface area contributed by atoms with E-state index in [1.165, 1.54) is 6.07 Å². The van der Waals surface area contributed by atoms with Crippen molar-refractivity contribution in [3.8, 4) is 6.07 Å². The zero-order valence-electron chi connectivity index (χ0n) is 9.18. The second kappa shape index (κ2) is 5.02. The van der Waals surface area contributed by atoms with Crippen molar-refractivity contribution in [2.75, 3.05) is 0 Å². The molecule has 0 spiro atoms. The molecule has 0 aromatic heterocycles. The minimum Gasteiger partial charge on any atom is -0.445 e. The fraction of sp³-hybridized carbons (Fsp3) is 0.300. The fourth-order valence-corrected chi connectivity index (χ4v) is 1.74. The molecule has 0 amide bonds. The second-order valence-corrected chi connectivity index (χ2v) is 3.98. The Bertz CT molecular complexity index is 476. The fourth-order valence-electron chi connectivity index (χ4n) is 1.74. The van der Waals surface area contributed by atoms with Crippen molar-refractivity contribution in [3.63, 3.8) is 0 Å². The van der Waals surface area contributed by atoms with Gasteiger partial charge >= 0.3 is 58.4 Å². The predicted octanol–water partition coefficient (Wildman–Crippen LogP) is -0.561. The molecule has 1 nitrogen and oxygen atoms in total. The molecule has 1 aliphatic carbocycles. The van der Waals surface area contributed by atoms with Gasteiger partial charge in [-0.2, -0.15) is 5.26 Å². The van der Waals surface area contributed by atoms with Gasteiger partial charge in [0.05, 0.1) is 11.5 Å². The standard InChI is InChI=1S/C10H7BF4N.K/c12-9-7(10(6-16)4-5-10)2-1-3-8(9)11(13,14)15;/h1-3H,4-5H2;/q-1;+1. The molecule has 1 aromatic rings. The molecule has 0 aliphatic heterocycles. The van der Waals surface area contributed by atoms with E-state index in [1.54, 1.807) is 0 Å². The Morgan fingerprint density at radius 3 is 2.24 bits per heavy atom. The van der Waals surface area contributed by atoms with E-state index in [0.717, 1.165) is 6.07 Å². The number of nitrogens with zero attached hydrogens (tertiary/aromatic N) is 1. The maximum absolute atomic E-state index is 13.6. The van der Waals surface area contributed by atoms with Crippen LogP contribution in [-0.4, -0.2) is 6.98 Å². The average Bonchev–Trinajstić information content (AvgIpc) is 2.97. The van der Waals surface area contributed by atoms with Gasteiger partial charge in [-0.05, 0) is 12.8 Å². The number of benzene rings is 1. The molecule has 0 bridgehead atoms. The van der Waals surface area contributed by atoms with E-state index in [2.05, 4.69) is 0 Å². The largest absolute Gasteiger partial charge is 1.00 e. The van der Waals surface area contributed by atoms with E-state index in [9.17, 15) is 17.3 Å². The molecule has 0 radical (unpaired) electrons. The number of nitriles is 1. The summed E-state index contributed by atoms with van der Waals surface area (Å²) in [6.45, 7) is -5.37. The quantitative estimate of drug-likeness (QED) is 0.520. The summed E-state index contributed by atoms with van der Waals surface area (Å²) in [5.41, 5.74) is -2.38. The molecule has 1 aliphatic rings. The Morgan fingerprint density at radius 1 is 1.24 bits per heavy atom. The van der Waals surface area contributed by atoms with Crippen LogP contribution in [0.15, 0.2) is 18.2 Å². The Labute approximate surface area is 139 Å². The number of rotatable bonds is 2. The average molecular weight is 267 g/mol. The van der Waals surface area contributed by atoms with E-state index < -0.39 is 23.7 Å². The molecule has 1 saturated carbocycles. The molecule has 1 aromatic carbocycles. The summed E-state index contributed by atoms with van der Waals surface area (Å²) < 4.78 is 51.1. The van der Waals surface area contributed by atoms with Gasteiger partial charge in [-0.25, -0.2) is 4.39 Å². The predicted molar refractivity (Wildman–Crippen MR) is 51.6 cm³/mol. The van der Waals surface area contributed by atoms with Crippen LogP contribution in [0.25, 0.3) is 0 Å². The molecule has 0 saturated heterocycles. The summed E-state index contributed by atoms with van der Waals surface area (Å²) in [6.07, 6.45) is 0.851. The third-order valence-electron chi connectivity index (χ3n) is 2.86. The maximum atomic E-state index is 13.6. The molecule has 7 heteroatoms. The van der Waals surface area contributed by atoms with E-state index in [1.807, 2.05) is 6.07 Å². The van der Waals surface area contributed by atoms with Gasteiger partial charge in [0.1, 0.15) is 5.82 Å². The molecule has 1 fully saturated rings. The van der Waals surface area contributed by atoms with Crippen LogP contribution in [0, 0.1) is 17.1 Å². The van der Waals surface area contributed by atoms with Crippen LogP contribution in [0.2, 0.25) is 0 Å². The normalized spacial score (nSPS) is 16.9. The van der Waals surface area contributed by atoms with Crippen LogP contribution in [0.4, 0.5) is 17.3 Å². The number of hydrogen-bond acceptors (Lipinski definition) is 1. The smallest absolute Gasteiger partial charge is 0.445 e. The summed E-state index contributed by atoms with van der Waals surface area (Å²) in [5, 5.41) is 8.84. The third-order valence-corrected chi connectivity index (χ3v) is 2.86. The molecular formula is C10H7BF4KN. The van der Waals surface area contributed by atoms with Crippen LogP contribution in [0.1, 0.15) is 18.4 Å². The van der Waals surface area contributed by atoms with Crippen LogP contribution in [-0.2, 0) is 5.41 Å². The van der Waals surface area contributed by atoms with Crippen molar-refractivity contribution in [2.45, 2.75) is 18.3 Å². The summed E-state index contributed by atoms with van der Waals surface area (Å²) in [7, 11) is 0. The van der Waals surface area contributed by atoms with Crippen molar-refractivity contribution in [1.82, 2.24) is 0 Å². The van der Waals surface area contributed by atoms with Crippen molar-refractivity contribution in [2.24, 2.45) is 0 Å². The van der Waals surface area contributed by atoms with E-state index in [4.69, 9.17) is 5.26 Å². The van der Waals surface area contributed by atoms with Gasteiger partial charge in [0.15, 0.2) is 0 Å². The first-order valence-corrected chi connectivity index (χ1v) is 4.81. The minimum atomic E-state index is -5.37. The molecule has 0 unspecified atom stereocenters. The minimum absolute atomic E-state index is 0. The Balaban J connectivity index is 0.00000144. The van der Waals surface area contributed by atoms with Gasteiger partial charge in [0, 0.05) is 5.56 Å². The molecule has 17 heavy (non-hydrogen) atoms. The first-order chi connectivity index (χ1) is 7.41. The van der Waals surface area contributed by atoms with Crippen LogP contribution in [0.5, 0.6) is 0 Å². The molecule has 0 atom stereocenters. The zero-order valence-corrected chi connectivity index (χ0v) is 12.3. The number of halogens is 4. The molecular weight excluding hydrogens is 260 g/mol. The monoisotopic (exact) mass is 267 g/mol.